The molecular formula is C17H21FN2O3. The first kappa shape index (κ1) is 15.8. The molecule has 1 saturated carbocycles. The van der Waals surface area contributed by atoms with Crippen LogP contribution in [0.3, 0.4) is 0 Å². The molecule has 2 fully saturated rings. The van der Waals surface area contributed by atoms with Crippen LogP contribution in [0.15, 0.2) is 18.2 Å². The molecule has 0 spiro atoms. The Labute approximate surface area is 134 Å². The lowest BCUT2D eigenvalue weighted by Gasteiger charge is -2.31. The second kappa shape index (κ2) is 5.83. The summed E-state index contributed by atoms with van der Waals surface area (Å²) in [6.45, 7) is 0.732. The van der Waals surface area contributed by atoms with Gasteiger partial charge in [0.15, 0.2) is 0 Å². The highest BCUT2D eigenvalue weighted by Gasteiger charge is 2.42. The van der Waals surface area contributed by atoms with E-state index in [0.717, 1.165) is 25.5 Å². The number of carbonyl (C=O) groups excluding carboxylic acids is 2. The summed E-state index contributed by atoms with van der Waals surface area (Å²) in [5, 5.41) is 9.26. The Bertz CT molecular complexity index is 649. The Kier molecular flexibility index (Phi) is 4.00. The van der Waals surface area contributed by atoms with Gasteiger partial charge in [-0.2, -0.15) is 0 Å². The van der Waals surface area contributed by atoms with Crippen molar-refractivity contribution in [3.05, 3.63) is 29.6 Å². The first-order chi connectivity index (χ1) is 10.9. The Balaban J connectivity index is 1.72. The first-order valence-corrected chi connectivity index (χ1v) is 7.86. The van der Waals surface area contributed by atoms with Crippen molar-refractivity contribution in [1.82, 2.24) is 9.80 Å². The Morgan fingerprint density at radius 3 is 2.74 bits per heavy atom. The van der Waals surface area contributed by atoms with Crippen LogP contribution < -0.4 is 0 Å². The second-order valence-corrected chi connectivity index (χ2v) is 6.70. The molecule has 3 atom stereocenters. The number of piperidine rings is 1. The minimum Gasteiger partial charge on any atom is -0.508 e. The maximum Gasteiger partial charge on any atom is 0.256 e. The SMILES string of the molecule is CN1C[C@@H]2C[C@H](N(C)C(=O)c3ccc(O)cc3F)C[C@@H]2CC1=O. The standard InChI is InChI=1S/C17H21FN2O3/c1-19-9-11-6-12(5-10(11)7-16(19)22)20(2)17(23)14-4-3-13(21)8-15(14)18/h3-4,8,10-12,21H,5-7,9H2,1-2H3/t10-,11+,12-/m1/s1. The van der Waals surface area contributed by atoms with Gasteiger partial charge in [0.25, 0.3) is 5.91 Å². The minimum absolute atomic E-state index is 0.0185. The van der Waals surface area contributed by atoms with Crippen LogP contribution in [-0.2, 0) is 4.79 Å². The Morgan fingerprint density at radius 1 is 1.35 bits per heavy atom. The molecule has 0 aromatic heterocycles. The normalized spacial score (nSPS) is 27.0. The van der Waals surface area contributed by atoms with Gasteiger partial charge in [0, 0.05) is 39.2 Å². The third-order valence-corrected chi connectivity index (χ3v) is 5.24. The van der Waals surface area contributed by atoms with E-state index in [4.69, 9.17) is 0 Å². The van der Waals surface area contributed by atoms with E-state index in [1.54, 1.807) is 16.8 Å². The number of rotatable bonds is 2. The van der Waals surface area contributed by atoms with Crippen LogP contribution in [0, 0.1) is 17.7 Å². The summed E-state index contributed by atoms with van der Waals surface area (Å²) in [4.78, 5) is 27.7. The van der Waals surface area contributed by atoms with Crippen molar-refractivity contribution >= 4 is 11.8 Å². The predicted molar refractivity (Wildman–Crippen MR) is 82.4 cm³/mol. The van der Waals surface area contributed by atoms with Crippen LogP contribution in [-0.4, -0.2) is 53.4 Å². The van der Waals surface area contributed by atoms with Crippen LogP contribution >= 0.6 is 0 Å². The van der Waals surface area contributed by atoms with Crippen LogP contribution in [0.5, 0.6) is 5.75 Å². The summed E-state index contributed by atoms with van der Waals surface area (Å²) in [5.41, 5.74) is -0.0339. The smallest absolute Gasteiger partial charge is 0.256 e. The highest BCUT2D eigenvalue weighted by Crippen LogP contribution is 2.40. The predicted octanol–water partition coefficient (Wildman–Crippen LogP) is 1.86. The summed E-state index contributed by atoms with van der Waals surface area (Å²) in [6.07, 6.45) is 2.16. The Morgan fingerprint density at radius 2 is 2.04 bits per heavy atom. The molecule has 0 radical (unpaired) electrons. The lowest BCUT2D eigenvalue weighted by molar-refractivity contribution is -0.134. The van der Waals surface area contributed by atoms with Gasteiger partial charge in [0.1, 0.15) is 11.6 Å². The summed E-state index contributed by atoms with van der Waals surface area (Å²) >= 11 is 0. The van der Waals surface area contributed by atoms with E-state index in [-0.39, 0.29) is 29.2 Å². The minimum atomic E-state index is -0.716. The molecule has 6 heteroatoms. The van der Waals surface area contributed by atoms with Gasteiger partial charge in [-0.25, -0.2) is 4.39 Å². The second-order valence-electron chi connectivity index (χ2n) is 6.70. The lowest BCUT2D eigenvalue weighted by atomic mass is 9.88. The van der Waals surface area contributed by atoms with Crippen molar-refractivity contribution in [2.75, 3.05) is 20.6 Å². The third-order valence-electron chi connectivity index (χ3n) is 5.24. The average molecular weight is 320 g/mol. The quantitative estimate of drug-likeness (QED) is 0.905. The highest BCUT2D eigenvalue weighted by atomic mass is 19.1. The average Bonchev–Trinajstić information content (AvgIpc) is 2.89. The van der Waals surface area contributed by atoms with Crippen molar-refractivity contribution < 1.29 is 19.1 Å². The van der Waals surface area contributed by atoms with Gasteiger partial charge in [-0.3, -0.25) is 9.59 Å². The number of halogens is 1. The molecular weight excluding hydrogens is 299 g/mol. The lowest BCUT2D eigenvalue weighted by Crippen LogP contribution is -2.40. The topological polar surface area (TPSA) is 60.9 Å². The molecule has 23 heavy (non-hydrogen) atoms. The van der Waals surface area contributed by atoms with Crippen LogP contribution in [0.2, 0.25) is 0 Å². The molecule has 5 nitrogen and oxygen atoms in total. The molecule has 124 valence electrons. The van der Waals surface area contributed by atoms with E-state index in [0.29, 0.717) is 18.3 Å². The van der Waals surface area contributed by atoms with Crippen molar-refractivity contribution in [1.29, 1.82) is 0 Å². The maximum atomic E-state index is 13.9. The zero-order chi connectivity index (χ0) is 16.7. The van der Waals surface area contributed by atoms with Gasteiger partial charge in [0.05, 0.1) is 5.56 Å². The molecule has 1 aliphatic heterocycles. The first-order valence-electron chi connectivity index (χ1n) is 7.86. The van der Waals surface area contributed by atoms with E-state index in [1.807, 2.05) is 7.05 Å². The highest BCUT2D eigenvalue weighted by molar-refractivity contribution is 5.94. The van der Waals surface area contributed by atoms with Gasteiger partial charge in [-0.1, -0.05) is 0 Å². The molecule has 2 amide bonds. The summed E-state index contributed by atoms with van der Waals surface area (Å²) in [7, 11) is 3.49. The third kappa shape index (κ3) is 2.90. The van der Waals surface area contributed by atoms with Crippen LogP contribution in [0.1, 0.15) is 29.6 Å². The summed E-state index contributed by atoms with van der Waals surface area (Å²) in [6, 6.07) is 3.59. The fraction of sp³-hybridized carbons (Fsp3) is 0.529. The van der Waals surface area contributed by atoms with Gasteiger partial charge < -0.3 is 14.9 Å². The number of hydrogen-bond donors (Lipinski definition) is 1. The summed E-state index contributed by atoms with van der Waals surface area (Å²) < 4.78 is 13.9. The number of carbonyl (C=O) groups is 2. The number of amides is 2. The molecule has 1 aromatic carbocycles. The largest absolute Gasteiger partial charge is 0.508 e. The van der Waals surface area contributed by atoms with Crippen molar-refractivity contribution in [2.24, 2.45) is 11.8 Å². The molecule has 0 unspecified atom stereocenters. The molecule has 3 rings (SSSR count). The van der Waals surface area contributed by atoms with E-state index in [1.165, 1.54) is 12.1 Å². The molecule has 1 heterocycles. The number of hydrogen-bond acceptors (Lipinski definition) is 3. The zero-order valence-electron chi connectivity index (χ0n) is 13.3. The van der Waals surface area contributed by atoms with Crippen molar-refractivity contribution in [2.45, 2.75) is 25.3 Å². The van der Waals surface area contributed by atoms with E-state index in [2.05, 4.69) is 0 Å². The van der Waals surface area contributed by atoms with Crippen molar-refractivity contribution in [3.63, 3.8) is 0 Å². The van der Waals surface area contributed by atoms with Gasteiger partial charge in [-0.05, 0) is 36.8 Å². The molecule has 1 aliphatic carbocycles. The van der Waals surface area contributed by atoms with Gasteiger partial charge in [-0.15, -0.1) is 0 Å². The number of phenols is 1. The molecule has 2 aliphatic rings. The van der Waals surface area contributed by atoms with E-state index >= 15 is 0 Å². The number of likely N-dealkylation sites (tertiary alicyclic amines) is 1. The monoisotopic (exact) mass is 320 g/mol. The summed E-state index contributed by atoms with van der Waals surface area (Å²) in [5.74, 6) is -0.426. The fourth-order valence-corrected chi connectivity index (χ4v) is 3.84. The number of aromatic hydroxyl groups is 1. The van der Waals surface area contributed by atoms with E-state index < -0.39 is 5.82 Å². The Hall–Kier alpha value is -2.11. The molecule has 0 bridgehead atoms. The number of nitrogens with zero attached hydrogens (tertiary/aromatic N) is 2. The molecule has 1 saturated heterocycles. The van der Waals surface area contributed by atoms with Gasteiger partial charge >= 0.3 is 0 Å². The number of benzene rings is 1. The maximum absolute atomic E-state index is 13.9. The fourth-order valence-electron chi connectivity index (χ4n) is 3.84. The zero-order valence-corrected chi connectivity index (χ0v) is 13.3. The van der Waals surface area contributed by atoms with E-state index in [9.17, 15) is 19.1 Å². The van der Waals surface area contributed by atoms with Crippen LogP contribution in [0.25, 0.3) is 0 Å². The molecule has 1 N–H and O–H groups in total. The van der Waals surface area contributed by atoms with Gasteiger partial charge in [0.2, 0.25) is 5.91 Å². The number of fused-ring (bicyclic) bond motifs is 1. The number of phenolic OH excluding ortho intramolecular Hbond substituents is 1. The molecule has 1 aromatic rings. The van der Waals surface area contributed by atoms with Crippen LogP contribution in [0.4, 0.5) is 4.39 Å². The van der Waals surface area contributed by atoms with Crippen molar-refractivity contribution in [3.8, 4) is 5.75 Å².